The van der Waals surface area contributed by atoms with Crippen molar-refractivity contribution in [3.63, 3.8) is 0 Å². The highest BCUT2D eigenvalue weighted by Crippen LogP contribution is 2.28. The second-order valence-corrected chi connectivity index (χ2v) is 9.04. The van der Waals surface area contributed by atoms with Crippen LogP contribution in [0, 0.1) is 0 Å². The van der Waals surface area contributed by atoms with E-state index in [1.54, 1.807) is 40.9 Å². The lowest BCUT2D eigenvalue weighted by Gasteiger charge is -2.35. The molecule has 2 amide bonds. The van der Waals surface area contributed by atoms with Crippen LogP contribution in [0.5, 0.6) is 0 Å². The molecule has 6 nitrogen and oxygen atoms in total. The summed E-state index contributed by atoms with van der Waals surface area (Å²) in [5.74, 6) is 1.32. The van der Waals surface area contributed by atoms with Crippen molar-refractivity contribution in [1.82, 2.24) is 19.8 Å². The molecule has 1 aromatic heterocycles. The lowest BCUT2D eigenvalue weighted by atomic mass is 10.2. The van der Waals surface area contributed by atoms with Crippen LogP contribution in [0.3, 0.4) is 0 Å². The molecule has 1 fully saturated rings. The number of carbonyl (C=O) groups excluding carboxylic acids is 2. The fraction of sp³-hybridized carbons (Fsp3) is 0.318. The first-order valence-corrected chi connectivity index (χ1v) is 11.3. The number of carbonyl (C=O) groups is 2. The van der Waals surface area contributed by atoms with E-state index in [2.05, 4.69) is 16.9 Å². The van der Waals surface area contributed by atoms with Crippen molar-refractivity contribution in [3.8, 4) is 0 Å². The van der Waals surface area contributed by atoms with Crippen LogP contribution in [0.15, 0.2) is 48.5 Å². The van der Waals surface area contributed by atoms with Crippen molar-refractivity contribution in [3.05, 3.63) is 64.9 Å². The van der Waals surface area contributed by atoms with Gasteiger partial charge in [-0.05, 0) is 37.3 Å². The molecule has 2 aromatic carbocycles. The number of amides is 2. The monoisotopic (exact) mass is 442 g/mol. The number of rotatable bonds is 5. The smallest absolute Gasteiger partial charge is 0.254 e. The standard InChI is InChI=1S/C22H23ClN4O2S/c1-15(21-24-18-7-2-3-8-19(18)25-21)30-14-20(28)26-9-11-27(12-10-26)22(29)16-5-4-6-17(23)13-16/h2-8,13,15H,9-12,14H2,1H3,(H,24,25). The van der Waals surface area contributed by atoms with E-state index in [9.17, 15) is 9.59 Å². The number of H-pyrrole nitrogens is 1. The fourth-order valence-electron chi connectivity index (χ4n) is 3.49. The number of thioether (sulfide) groups is 1. The summed E-state index contributed by atoms with van der Waals surface area (Å²) in [5.41, 5.74) is 2.52. The van der Waals surface area contributed by atoms with Gasteiger partial charge in [0.05, 0.1) is 22.0 Å². The zero-order valence-electron chi connectivity index (χ0n) is 16.7. The van der Waals surface area contributed by atoms with E-state index >= 15 is 0 Å². The van der Waals surface area contributed by atoms with Gasteiger partial charge in [-0.15, -0.1) is 11.8 Å². The lowest BCUT2D eigenvalue weighted by molar-refractivity contribution is -0.129. The van der Waals surface area contributed by atoms with Gasteiger partial charge < -0.3 is 14.8 Å². The number of nitrogens with zero attached hydrogens (tertiary/aromatic N) is 3. The largest absolute Gasteiger partial charge is 0.341 e. The van der Waals surface area contributed by atoms with Crippen molar-refractivity contribution in [1.29, 1.82) is 0 Å². The van der Waals surface area contributed by atoms with Crippen LogP contribution >= 0.6 is 23.4 Å². The summed E-state index contributed by atoms with van der Waals surface area (Å²) in [7, 11) is 0. The number of halogens is 1. The number of piperazine rings is 1. The SMILES string of the molecule is CC(SCC(=O)N1CCN(C(=O)c2cccc(Cl)c2)CC1)c1nc2ccccc2[nH]1. The number of benzene rings is 2. The Morgan fingerprint density at radius 3 is 2.57 bits per heavy atom. The number of aromatic amines is 1. The maximum absolute atomic E-state index is 12.7. The second-order valence-electron chi connectivity index (χ2n) is 7.28. The minimum absolute atomic E-state index is 0.0440. The van der Waals surface area contributed by atoms with E-state index in [1.165, 1.54) is 0 Å². The molecule has 0 spiro atoms. The lowest BCUT2D eigenvalue weighted by Crippen LogP contribution is -2.51. The molecule has 156 valence electrons. The van der Waals surface area contributed by atoms with Crippen molar-refractivity contribution in [2.45, 2.75) is 12.2 Å². The molecular formula is C22H23ClN4O2S. The van der Waals surface area contributed by atoms with E-state index < -0.39 is 0 Å². The molecule has 1 unspecified atom stereocenters. The van der Waals surface area contributed by atoms with Crippen molar-refractivity contribution in [2.24, 2.45) is 0 Å². The number of hydrogen-bond donors (Lipinski definition) is 1. The van der Waals surface area contributed by atoms with E-state index in [0.717, 1.165) is 16.9 Å². The van der Waals surface area contributed by atoms with Gasteiger partial charge in [0.25, 0.3) is 5.91 Å². The Labute approximate surface area is 184 Å². The van der Waals surface area contributed by atoms with Crippen LogP contribution in [0.4, 0.5) is 0 Å². The van der Waals surface area contributed by atoms with Crippen molar-refractivity contribution in [2.75, 3.05) is 31.9 Å². The number of aromatic nitrogens is 2. The molecule has 0 saturated carbocycles. The minimum atomic E-state index is -0.0440. The summed E-state index contributed by atoms with van der Waals surface area (Å²) in [6, 6.07) is 14.9. The molecule has 1 atom stereocenters. The molecule has 4 rings (SSSR count). The molecule has 2 heterocycles. The molecule has 0 bridgehead atoms. The van der Waals surface area contributed by atoms with Crippen LogP contribution in [-0.2, 0) is 4.79 Å². The van der Waals surface area contributed by atoms with Gasteiger partial charge in [0.2, 0.25) is 5.91 Å². The summed E-state index contributed by atoms with van der Waals surface area (Å²) in [6.45, 7) is 4.20. The topological polar surface area (TPSA) is 69.3 Å². The third-order valence-electron chi connectivity index (χ3n) is 5.24. The molecule has 0 radical (unpaired) electrons. The van der Waals surface area contributed by atoms with Gasteiger partial charge >= 0.3 is 0 Å². The van der Waals surface area contributed by atoms with Gasteiger partial charge in [0, 0.05) is 36.8 Å². The molecule has 1 saturated heterocycles. The van der Waals surface area contributed by atoms with Gasteiger partial charge in [-0.1, -0.05) is 29.8 Å². The van der Waals surface area contributed by atoms with Crippen LogP contribution in [-0.4, -0.2) is 63.5 Å². The highest BCUT2D eigenvalue weighted by atomic mass is 35.5. The van der Waals surface area contributed by atoms with Crippen LogP contribution in [0.25, 0.3) is 11.0 Å². The summed E-state index contributed by atoms with van der Waals surface area (Å²) >= 11 is 7.56. The third-order valence-corrected chi connectivity index (χ3v) is 6.61. The van der Waals surface area contributed by atoms with Gasteiger partial charge in [0.15, 0.2) is 0 Å². The van der Waals surface area contributed by atoms with Gasteiger partial charge in [-0.2, -0.15) is 0 Å². The van der Waals surface area contributed by atoms with Crippen molar-refractivity contribution < 1.29 is 9.59 Å². The summed E-state index contributed by atoms with van der Waals surface area (Å²) in [4.78, 5) is 36.8. The number of hydrogen-bond acceptors (Lipinski definition) is 4. The quantitative estimate of drug-likeness (QED) is 0.648. The molecular weight excluding hydrogens is 420 g/mol. The third kappa shape index (κ3) is 4.63. The maximum atomic E-state index is 12.7. The molecule has 1 aliphatic heterocycles. The summed E-state index contributed by atoms with van der Waals surface area (Å²) in [5, 5.41) is 0.636. The first-order valence-electron chi connectivity index (χ1n) is 9.90. The fourth-order valence-corrected chi connectivity index (χ4v) is 4.53. The molecule has 0 aliphatic carbocycles. The number of nitrogens with one attached hydrogen (secondary N) is 1. The predicted molar refractivity (Wildman–Crippen MR) is 121 cm³/mol. The van der Waals surface area contributed by atoms with Gasteiger partial charge in [-0.25, -0.2) is 4.98 Å². The Bertz CT molecular complexity index is 1030. The van der Waals surface area contributed by atoms with Gasteiger partial charge in [0.1, 0.15) is 5.82 Å². The Kier molecular flexibility index (Phi) is 6.29. The van der Waals surface area contributed by atoms with Gasteiger partial charge in [-0.3, -0.25) is 9.59 Å². The Morgan fingerprint density at radius 1 is 1.10 bits per heavy atom. The molecule has 30 heavy (non-hydrogen) atoms. The van der Waals surface area contributed by atoms with E-state index in [0.29, 0.717) is 42.5 Å². The van der Waals surface area contributed by atoms with E-state index in [1.807, 2.05) is 29.2 Å². The zero-order valence-corrected chi connectivity index (χ0v) is 18.2. The highest BCUT2D eigenvalue weighted by Gasteiger charge is 2.25. The summed E-state index contributed by atoms with van der Waals surface area (Å²) < 4.78 is 0. The van der Waals surface area contributed by atoms with Crippen molar-refractivity contribution >= 4 is 46.2 Å². The van der Waals surface area contributed by atoms with Crippen LogP contribution < -0.4 is 0 Å². The number of para-hydroxylation sites is 2. The average Bonchev–Trinajstić information content (AvgIpc) is 3.21. The van der Waals surface area contributed by atoms with E-state index in [-0.39, 0.29) is 17.1 Å². The van der Waals surface area contributed by atoms with Crippen LogP contribution in [0.2, 0.25) is 5.02 Å². The Morgan fingerprint density at radius 2 is 1.83 bits per heavy atom. The predicted octanol–water partition coefficient (Wildman–Crippen LogP) is 4.00. The summed E-state index contributed by atoms with van der Waals surface area (Å²) in [6.07, 6.45) is 0. The molecule has 3 aromatic rings. The van der Waals surface area contributed by atoms with Crippen LogP contribution in [0.1, 0.15) is 28.4 Å². The average molecular weight is 443 g/mol. The Hall–Kier alpha value is -2.51. The first kappa shape index (κ1) is 20.8. The van der Waals surface area contributed by atoms with E-state index in [4.69, 9.17) is 11.6 Å². The zero-order chi connectivity index (χ0) is 21.1. The Balaban J connectivity index is 1.27. The first-order chi connectivity index (χ1) is 14.5. The highest BCUT2D eigenvalue weighted by molar-refractivity contribution is 8.00. The normalized spacial score (nSPS) is 15.4. The molecule has 8 heteroatoms. The molecule has 1 N–H and O–H groups in total. The number of fused-ring (bicyclic) bond motifs is 1. The minimum Gasteiger partial charge on any atom is -0.341 e. The molecule has 1 aliphatic rings. The second kappa shape index (κ2) is 9.10. The maximum Gasteiger partial charge on any atom is 0.254 e. The number of imidazole rings is 1.